The summed E-state index contributed by atoms with van der Waals surface area (Å²) < 4.78 is 11.1. The highest BCUT2D eigenvalue weighted by Crippen LogP contribution is 2.29. The van der Waals surface area contributed by atoms with Gasteiger partial charge in [-0.25, -0.2) is 0 Å². The van der Waals surface area contributed by atoms with Gasteiger partial charge in [0.25, 0.3) is 0 Å². The molecule has 2 aliphatic rings. The van der Waals surface area contributed by atoms with E-state index in [1.807, 2.05) is 0 Å². The molecule has 0 aliphatic heterocycles. The number of hydrogen-bond donors (Lipinski definition) is 1. The number of nitrogens with one attached hydrogen (secondary N) is 1. The summed E-state index contributed by atoms with van der Waals surface area (Å²) >= 11 is 0. The first-order chi connectivity index (χ1) is 13.5. The molecule has 28 heavy (non-hydrogen) atoms. The van der Waals surface area contributed by atoms with Crippen LogP contribution in [-0.4, -0.2) is 44.7 Å². The maximum absolute atomic E-state index is 12.1. The number of carbonyl (C=O) groups is 2. The molecule has 0 aromatic carbocycles. The molecule has 2 fully saturated rings. The summed E-state index contributed by atoms with van der Waals surface area (Å²) in [4.78, 5) is 24.1. The smallest absolute Gasteiger partial charge is 0.220 e. The van der Waals surface area contributed by atoms with Crippen LogP contribution in [0.2, 0.25) is 0 Å². The zero-order valence-electron chi connectivity index (χ0n) is 17.8. The molecule has 1 N–H and O–H groups in total. The minimum atomic E-state index is 0.101. The van der Waals surface area contributed by atoms with Gasteiger partial charge in [0.05, 0.1) is 0 Å². The van der Waals surface area contributed by atoms with Crippen molar-refractivity contribution in [2.45, 2.75) is 77.2 Å². The van der Waals surface area contributed by atoms with Crippen molar-refractivity contribution >= 4 is 11.7 Å². The Morgan fingerprint density at radius 1 is 0.964 bits per heavy atom. The first-order valence-corrected chi connectivity index (χ1v) is 11.0. The molecular weight excluding hydrogens is 354 g/mol. The van der Waals surface area contributed by atoms with Gasteiger partial charge in [0.15, 0.2) is 5.78 Å². The van der Waals surface area contributed by atoms with Gasteiger partial charge in [-0.05, 0) is 82.1 Å². The van der Waals surface area contributed by atoms with Crippen LogP contribution in [-0.2, 0) is 19.1 Å². The van der Waals surface area contributed by atoms with E-state index in [2.05, 4.69) is 11.9 Å². The molecule has 2 saturated carbocycles. The zero-order chi connectivity index (χ0) is 20.4. The molecule has 5 nitrogen and oxygen atoms in total. The number of ketones is 1. The van der Waals surface area contributed by atoms with E-state index in [0.29, 0.717) is 24.5 Å². The van der Waals surface area contributed by atoms with Crippen LogP contribution in [0.4, 0.5) is 0 Å². The molecule has 0 heterocycles. The van der Waals surface area contributed by atoms with E-state index >= 15 is 0 Å². The van der Waals surface area contributed by atoms with E-state index in [9.17, 15) is 9.59 Å². The number of rotatable bonds is 11. The summed E-state index contributed by atoms with van der Waals surface area (Å²) in [6.45, 7) is 7.90. The van der Waals surface area contributed by atoms with Crippen LogP contribution in [0.25, 0.3) is 0 Å². The fourth-order valence-corrected chi connectivity index (χ4v) is 4.53. The van der Waals surface area contributed by atoms with Crippen molar-refractivity contribution in [3.05, 3.63) is 12.2 Å². The monoisotopic (exact) mass is 393 g/mol. The van der Waals surface area contributed by atoms with Crippen LogP contribution in [0.1, 0.15) is 71.1 Å². The molecule has 0 aromatic heterocycles. The molecule has 160 valence electrons. The molecular formula is C23H39NO4. The number of ether oxygens (including phenoxy) is 2. The highest BCUT2D eigenvalue weighted by molar-refractivity contribution is 5.96. The Kier molecular flexibility index (Phi) is 10.2. The van der Waals surface area contributed by atoms with Crippen molar-refractivity contribution in [2.24, 2.45) is 17.8 Å². The van der Waals surface area contributed by atoms with Crippen molar-refractivity contribution in [3.8, 4) is 0 Å². The standard InChI is InChI=1S/C23H39NO4/c1-17(2)23(26)20-10-12-21(13-11-20)24-22(25)5-4-14-28-16-19-8-6-18(7-9-19)15-27-3/h18-21H,1,4-16H2,2-3H3,(H,24,25). The molecule has 5 heteroatoms. The molecule has 1 amide bonds. The Morgan fingerprint density at radius 2 is 1.57 bits per heavy atom. The first kappa shape index (κ1) is 23.1. The average Bonchev–Trinajstić information content (AvgIpc) is 2.69. The van der Waals surface area contributed by atoms with Crippen molar-refractivity contribution in [2.75, 3.05) is 26.9 Å². The lowest BCUT2D eigenvalue weighted by Gasteiger charge is -2.28. The van der Waals surface area contributed by atoms with E-state index in [1.54, 1.807) is 14.0 Å². The van der Waals surface area contributed by atoms with Gasteiger partial charge in [0.2, 0.25) is 5.91 Å². The van der Waals surface area contributed by atoms with Crippen LogP contribution in [0.5, 0.6) is 0 Å². The summed E-state index contributed by atoms with van der Waals surface area (Å²) in [5.41, 5.74) is 0.649. The largest absolute Gasteiger partial charge is 0.384 e. The predicted molar refractivity (Wildman–Crippen MR) is 111 cm³/mol. The molecule has 0 radical (unpaired) electrons. The van der Waals surface area contributed by atoms with E-state index < -0.39 is 0 Å². The fraction of sp³-hybridized carbons (Fsp3) is 0.826. The van der Waals surface area contributed by atoms with Gasteiger partial charge in [-0.1, -0.05) is 6.58 Å². The number of Topliss-reactive ketones (excluding diaryl/α,β-unsaturated/α-hetero) is 1. The molecule has 0 bridgehead atoms. The van der Waals surface area contributed by atoms with E-state index in [4.69, 9.17) is 9.47 Å². The van der Waals surface area contributed by atoms with E-state index in [1.165, 1.54) is 25.7 Å². The minimum Gasteiger partial charge on any atom is -0.384 e. The van der Waals surface area contributed by atoms with Crippen LogP contribution in [0.15, 0.2) is 12.2 Å². The Hall–Kier alpha value is -1.20. The Labute approximate surface area is 170 Å². The van der Waals surface area contributed by atoms with Gasteiger partial charge in [0, 0.05) is 45.3 Å². The molecule has 0 unspecified atom stereocenters. The molecule has 0 atom stereocenters. The van der Waals surface area contributed by atoms with Crippen LogP contribution >= 0.6 is 0 Å². The lowest BCUT2D eigenvalue weighted by atomic mass is 9.82. The predicted octanol–water partition coefficient (Wildman–Crippen LogP) is 4.06. The fourth-order valence-electron chi connectivity index (χ4n) is 4.53. The second kappa shape index (κ2) is 12.4. The summed E-state index contributed by atoms with van der Waals surface area (Å²) in [5, 5.41) is 3.12. The zero-order valence-corrected chi connectivity index (χ0v) is 17.8. The number of carbonyl (C=O) groups excluding carboxylic acids is 2. The van der Waals surface area contributed by atoms with Crippen molar-refractivity contribution < 1.29 is 19.1 Å². The highest BCUT2D eigenvalue weighted by atomic mass is 16.5. The lowest BCUT2D eigenvalue weighted by molar-refractivity contribution is -0.122. The maximum atomic E-state index is 12.1. The van der Waals surface area contributed by atoms with Crippen molar-refractivity contribution in [1.82, 2.24) is 5.32 Å². The SMILES string of the molecule is C=C(C)C(=O)C1CCC(NC(=O)CCCOCC2CCC(COC)CC2)CC1. The third-order valence-electron chi connectivity index (χ3n) is 6.30. The maximum Gasteiger partial charge on any atom is 0.220 e. The van der Waals surface area contributed by atoms with Gasteiger partial charge < -0.3 is 14.8 Å². The molecule has 0 saturated heterocycles. The number of methoxy groups -OCH3 is 1. The third-order valence-corrected chi connectivity index (χ3v) is 6.30. The Bertz CT molecular complexity index is 503. The van der Waals surface area contributed by atoms with E-state index in [-0.39, 0.29) is 23.7 Å². The van der Waals surface area contributed by atoms with Crippen molar-refractivity contribution in [1.29, 1.82) is 0 Å². The molecule has 0 spiro atoms. The normalized spacial score (nSPS) is 27.9. The summed E-state index contributed by atoms with van der Waals surface area (Å²) in [6, 6.07) is 0.213. The number of allylic oxidation sites excluding steroid dienone is 1. The summed E-state index contributed by atoms with van der Waals surface area (Å²) in [6.07, 6.45) is 9.71. The Morgan fingerprint density at radius 3 is 2.14 bits per heavy atom. The molecule has 2 aliphatic carbocycles. The molecule has 0 aromatic rings. The second-order valence-electron chi connectivity index (χ2n) is 8.78. The highest BCUT2D eigenvalue weighted by Gasteiger charge is 2.27. The lowest BCUT2D eigenvalue weighted by Crippen LogP contribution is -2.38. The third kappa shape index (κ3) is 8.04. The van der Waals surface area contributed by atoms with Crippen LogP contribution < -0.4 is 5.32 Å². The van der Waals surface area contributed by atoms with Gasteiger partial charge in [0.1, 0.15) is 0 Å². The Balaban J connectivity index is 1.49. The molecule has 2 rings (SSSR count). The minimum absolute atomic E-state index is 0.101. The average molecular weight is 394 g/mol. The summed E-state index contributed by atoms with van der Waals surface area (Å²) in [5.74, 6) is 1.79. The van der Waals surface area contributed by atoms with Gasteiger partial charge in [-0.2, -0.15) is 0 Å². The van der Waals surface area contributed by atoms with Gasteiger partial charge in [-0.3, -0.25) is 9.59 Å². The number of amides is 1. The van der Waals surface area contributed by atoms with Crippen molar-refractivity contribution in [3.63, 3.8) is 0 Å². The van der Waals surface area contributed by atoms with Gasteiger partial charge >= 0.3 is 0 Å². The summed E-state index contributed by atoms with van der Waals surface area (Å²) in [7, 11) is 1.78. The quantitative estimate of drug-likeness (QED) is 0.425. The van der Waals surface area contributed by atoms with Gasteiger partial charge in [-0.15, -0.1) is 0 Å². The van der Waals surface area contributed by atoms with Crippen LogP contribution in [0.3, 0.4) is 0 Å². The number of hydrogen-bond acceptors (Lipinski definition) is 4. The topological polar surface area (TPSA) is 64.6 Å². The first-order valence-electron chi connectivity index (χ1n) is 11.0. The second-order valence-corrected chi connectivity index (χ2v) is 8.78. The van der Waals surface area contributed by atoms with Crippen LogP contribution in [0, 0.1) is 17.8 Å². The van der Waals surface area contributed by atoms with E-state index in [0.717, 1.165) is 51.2 Å².